The third-order valence-corrected chi connectivity index (χ3v) is 5.05. The van der Waals surface area contributed by atoms with E-state index >= 15 is 0 Å². The molecule has 2 heterocycles. The van der Waals surface area contributed by atoms with Crippen LogP contribution in [0.25, 0.3) is 0 Å². The van der Waals surface area contributed by atoms with Crippen molar-refractivity contribution in [2.45, 2.75) is 13.1 Å². The number of hydrogen-bond donors (Lipinski definition) is 1. The molecule has 0 bridgehead atoms. The largest absolute Gasteiger partial charge is 0.496 e. The third-order valence-electron chi connectivity index (χ3n) is 4.43. The number of methoxy groups -OCH3 is 1. The molecule has 1 N–H and O–H groups in total. The second-order valence-corrected chi connectivity index (χ2v) is 6.98. The summed E-state index contributed by atoms with van der Waals surface area (Å²) in [6.07, 6.45) is 1.62. The van der Waals surface area contributed by atoms with Gasteiger partial charge in [-0.3, -0.25) is 9.89 Å². The number of piperazine rings is 1. The van der Waals surface area contributed by atoms with Crippen LogP contribution in [0, 0.1) is 0 Å². The third kappa shape index (κ3) is 6.08. The van der Waals surface area contributed by atoms with Crippen molar-refractivity contribution in [3.8, 4) is 5.75 Å². The quantitative estimate of drug-likeness (QED) is 0.351. The van der Waals surface area contributed by atoms with E-state index < -0.39 is 0 Å². The first-order valence-electron chi connectivity index (χ1n) is 8.59. The molecule has 0 unspecified atom stereocenters. The highest BCUT2D eigenvalue weighted by molar-refractivity contribution is 14.0. The van der Waals surface area contributed by atoms with Crippen molar-refractivity contribution < 1.29 is 9.26 Å². The molecule has 1 aliphatic heterocycles. The van der Waals surface area contributed by atoms with E-state index in [-0.39, 0.29) is 24.0 Å². The molecule has 0 spiro atoms. The molecule has 1 fully saturated rings. The Morgan fingerprint density at radius 1 is 1.30 bits per heavy atom. The van der Waals surface area contributed by atoms with Gasteiger partial charge >= 0.3 is 0 Å². The summed E-state index contributed by atoms with van der Waals surface area (Å²) in [7, 11) is 3.50. The fourth-order valence-electron chi connectivity index (χ4n) is 3.00. The maximum atomic E-state index is 5.28. The molecule has 2 aromatic rings. The van der Waals surface area contributed by atoms with Crippen LogP contribution in [0.2, 0.25) is 0 Å². The molecule has 7 nitrogen and oxygen atoms in total. The lowest BCUT2D eigenvalue weighted by molar-refractivity contribution is 0.169. The Balaban J connectivity index is 0.00000261. The maximum Gasteiger partial charge on any atom is 0.194 e. The predicted molar refractivity (Wildman–Crippen MR) is 120 cm³/mol. The second kappa shape index (κ2) is 10.9. The number of aromatic nitrogens is 1. The highest BCUT2D eigenvalue weighted by atomic mass is 127. The van der Waals surface area contributed by atoms with Crippen LogP contribution in [0.1, 0.15) is 11.3 Å². The second-order valence-electron chi connectivity index (χ2n) is 6.12. The first kappa shape index (κ1) is 22.0. The summed E-state index contributed by atoms with van der Waals surface area (Å²) in [5.41, 5.74) is 2.15. The summed E-state index contributed by atoms with van der Waals surface area (Å²) >= 11 is 3.53. The van der Waals surface area contributed by atoms with E-state index in [4.69, 9.17) is 9.26 Å². The molecular weight excluding hydrogens is 525 g/mol. The van der Waals surface area contributed by atoms with E-state index in [2.05, 4.69) is 53.3 Å². The van der Waals surface area contributed by atoms with E-state index in [0.717, 1.165) is 54.6 Å². The smallest absolute Gasteiger partial charge is 0.194 e. The summed E-state index contributed by atoms with van der Waals surface area (Å²) in [5.74, 6) is 1.76. The fraction of sp³-hybridized carbons (Fsp3) is 0.444. The lowest BCUT2D eigenvalue weighted by Crippen LogP contribution is -2.52. The number of ether oxygens (including phenoxy) is 1. The van der Waals surface area contributed by atoms with Crippen molar-refractivity contribution in [3.63, 3.8) is 0 Å². The molecule has 1 aromatic carbocycles. The van der Waals surface area contributed by atoms with Crippen molar-refractivity contribution in [2.24, 2.45) is 4.99 Å². The van der Waals surface area contributed by atoms with Crippen LogP contribution in [0.4, 0.5) is 0 Å². The van der Waals surface area contributed by atoms with Crippen LogP contribution in [-0.4, -0.2) is 61.3 Å². The standard InChI is InChI=1S/C18H24BrN5O2.HI/c1-20-18(21-12-14-3-4-17(25-2)16(19)11-14)24-8-6-23(7-9-24)13-15-5-10-26-22-15;/h3-5,10-11H,6-9,12-13H2,1-2H3,(H,20,21);1H. The molecule has 1 saturated heterocycles. The molecule has 0 saturated carbocycles. The molecule has 148 valence electrons. The monoisotopic (exact) mass is 549 g/mol. The van der Waals surface area contributed by atoms with Crippen molar-refractivity contribution in [2.75, 3.05) is 40.3 Å². The van der Waals surface area contributed by atoms with Crippen molar-refractivity contribution in [1.82, 2.24) is 20.3 Å². The zero-order valence-electron chi connectivity index (χ0n) is 15.5. The molecule has 27 heavy (non-hydrogen) atoms. The van der Waals surface area contributed by atoms with E-state index in [1.165, 1.54) is 5.56 Å². The Morgan fingerprint density at radius 3 is 2.67 bits per heavy atom. The fourth-order valence-corrected chi connectivity index (χ4v) is 3.59. The molecule has 1 aliphatic rings. The number of nitrogens with zero attached hydrogens (tertiary/aromatic N) is 4. The lowest BCUT2D eigenvalue weighted by atomic mass is 10.2. The normalized spacial score (nSPS) is 15.4. The Hall–Kier alpha value is -1.33. The van der Waals surface area contributed by atoms with Crippen LogP contribution in [-0.2, 0) is 13.1 Å². The van der Waals surface area contributed by atoms with Gasteiger partial charge in [-0.25, -0.2) is 0 Å². The number of halogens is 2. The molecule has 0 atom stereocenters. The summed E-state index contributed by atoms with van der Waals surface area (Å²) < 4.78 is 11.1. The number of nitrogens with one attached hydrogen (secondary N) is 1. The van der Waals surface area contributed by atoms with Crippen LogP contribution in [0.5, 0.6) is 5.75 Å². The van der Waals surface area contributed by atoms with Crippen molar-refractivity contribution in [3.05, 3.63) is 46.3 Å². The van der Waals surface area contributed by atoms with Gasteiger partial charge in [0.15, 0.2) is 5.96 Å². The predicted octanol–water partition coefficient (Wildman–Crippen LogP) is 2.96. The maximum absolute atomic E-state index is 5.28. The van der Waals surface area contributed by atoms with Gasteiger partial charge in [0.05, 0.1) is 17.3 Å². The van der Waals surface area contributed by atoms with Gasteiger partial charge in [0.2, 0.25) is 0 Å². The number of benzene rings is 1. The first-order valence-corrected chi connectivity index (χ1v) is 9.38. The molecule has 9 heteroatoms. The highest BCUT2D eigenvalue weighted by Gasteiger charge is 2.20. The first-order chi connectivity index (χ1) is 12.7. The van der Waals surface area contributed by atoms with E-state index in [1.54, 1.807) is 13.4 Å². The van der Waals surface area contributed by atoms with E-state index in [1.807, 2.05) is 19.2 Å². The Morgan fingerprint density at radius 2 is 2.07 bits per heavy atom. The van der Waals surface area contributed by atoms with Crippen LogP contribution < -0.4 is 10.1 Å². The van der Waals surface area contributed by atoms with Crippen molar-refractivity contribution >= 4 is 45.9 Å². The van der Waals surface area contributed by atoms with Gasteiger partial charge in [-0.15, -0.1) is 24.0 Å². The molecule has 0 radical (unpaired) electrons. The Bertz CT molecular complexity index is 733. The van der Waals surface area contributed by atoms with E-state index in [0.29, 0.717) is 6.54 Å². The summed E-state index contributed by atoms with van der Waals surface area (Å²) in [4.78, 5) is 9.10. The summed E-state index contributed by atoms with van der Waals surface area (Å²) in [6.45, 7) is 5.36. The molecule has 1 aromatic heterocycles. The van der Waals surface area contributed by atoms with Gasteiger partial charge in [0.25, 0.3) is 0 Å². The van der Waals surface area contributed by atoms with Gasteiger partial charge in [-0.05, 0) is 33.6 Å². The van der Waals surface area contributed by atoms with Crippen molar-refractivity contribution in [1.29, 1.82) is 0 Å². The lowest BCUT2D eigenvalue weighted by Gasteiger charge is -2.36. The Kier molecular flexibility index (Phi) is 8.84. The minimum Gasteiger partial charge on any atom is -0.496 e. The van der Waals surface area contributed by atoms with Gasteiger partial charge < -0.3 is 19.5 Å². The number of rotatable bonds is 5. The Labute approximate surface area is 185 Å². The van der Waals surface area contributed by atoms with Gasteiger partial charge in [0.1, 0.15) is 12.0 Å². The van der Waals surface area contributed by atoms with Crippen LogP contribution >= 0.6 is 39.9 Å². The average molecular weight is 550 g/mol. The number of aliphatic imine (C=N–C) groups is 1. The van der Waals surface area contributed by atoms with Gasteiger partial charge in [-0.1, -0.05) is 11.2 Å². The molecular formula is C18H25BrIN5O2. The highest BCUT2D eigenvalue weighted by Crippen LogP contribution is 2.25. The topological polar surface area (TPSA) is 66.1 Å². The van der Waals surface area contributed by atoms with E-state index in [9.17, 15) is 0 Å². The minimum absolute atomic E-state index is 0. The SMILES string of the molecule is CN=C(NCc1ccc(OC)c(Br)c1)N1CCN(Cc2ccon2)CC1.I. The number of hydrogen-bond acceptors (Lipinski definition) is 5. The van der Waals surface area contributed by atoms with Crippen LogP contribution in [0.3, 0.4) is 0 Å². The molecule has 0 aliphatic carbocycles. The van der Waals surface area contributed by atoms with Gasteiger partial charge in [-0.2, -0.15) is 0 Å². The number of guanidine groups is 1. The summed E-state index contributed by atoms with van der Waals surface area (Å²) in [6, 6.07) is 8.00. The zero-order chi connectivity index (χ0) is 18.4. The van der Waals surface area contributed by atoms with Gasteiger partial charge in [0, 0.05) is 52.4 Å². The van der Waals surface area contributed by atoms with Crippen LogP contribution in [0.15, 0.2) is 44.5 Å². The molecule has 3 rings (SSSR count). The minimum atomic E-state index is 0. The average Bonchev–Trinajstić information content (AvgIpc) is 3.16. The zero-order valence-corrected chi connectivity index (χ0v) is 19.4. The molecule has 0 amide bonds. The summed E-state index contributed by atoms with van der Waals surface area (Å²) in [5, 5.41) is 7.43.